The fourth-order valence-corrected chi connectivity index (χ4v) is 6.40. The van der Waals surface area contributed by atoms with Gasteiger partial charge in [-0.3, -0.25) is 14.7 Å². The van der Waals surface area contributed by atoms with Gasteiger partial charge in [-0.15, -0.1) is 0 Å². The standard InChI is InChI=1S/C39H40Cl3N5O4/c1-7-38(3,4)25-15-16-31(28(20-25)39(5,6)8-2)51-23-32(48)43-27-14-12-13-24(19-27)36(49)44-35-34(46-17-10-9-11-18-46)37(50)47(45-35)33-29(41)21-26(40)22-30(33)42/h9-22H,7-8,23H2,1-6H3,(H2-,43,44,45,48,49,50). The van der Waals surface area contributed by atoms with Crippen LogP contribution in [-0.4, -0.2) is 28.2 Å². The summed E-state index contributed by atoms with van der Waals surface area (Å²) in [6.45, 7) is 12.8. The van der Waals surface area contributed by atoms with Gasteiger partial charge in [-0.05, 0) is 71.0 Å². The summed E-state index contributed by atoms with van der Waals surface area (Å²) in [5, 5.41) is 19.8. The molecule has 0 saturated carbocycles. The molecule has 0 spiro atoms. The van der Waals surface area contributed by atoms with Crippen molar-refractivity contribution in [2.75, 3.05) is 11.9 Å². The molecule has 0 bridgehead atoms. The molecule has 3 aromatic carbocycles. The van der Waals surface area contributed by atoms with Crippen LogP contribution in [0.2, 0.25) is 15.1 Å². The number of aliphatic imine (C=N–C) groups is 1. The third-order valence-corrected chi connectivity index (χ3v) is 10.0. The lowest BCUT2D eigenvalue weighted by atomic mass is 9.76. The van der Waals surface area contributed by atoms with Crippen LogP contribution in [0.15, 0.2) is 95.0 Å². The van der Waals surface area contributed by atoms with E-state index < -0.39 is 17.4 Å². The van der Waals surface area contributed by atoms with E-state index in [9.17, 15) is 14.7 Å². The number of rotatable bonds is 12. The molecule has 0 unspecified atom stereocenters. The topological polar surface area (TPSA) is 115 Å². The Balaban J connectivity index is 1.41. The summed E-state index contributed by atoms with van der Waals surface area (Å²) in [6, 6.07) is 20.7. The number of benzene rings is 3. The van der Waals surface area contributed by atoms with Crippen LogP contribution in [0.5, 0.6) is 5.75 Å². The van der Waals surface area contributed by atoms with E-state index in [-0.39, 0.29) is 50.2 Å². The number of ether oxygens (including phenoxy) is 1. The molecule has 0 aliphatic rings. The number of pyridine rings is 1. The Morgan fingerprint density at radius 1 is 0.922 bits per heavy atom. The smallest absolute Gasteiger partial charge is 0.346 e. The Hall–Kier alpha value is -4.57. The highest BCUT2D eigenvalue weighted by molar-refractivity contribution is 6.40. The summed E-state index contributed by atoms with van der Waals surface area (Å²) in [6.07, 6.45) is 5.17. The van der Waals surface area contributed by atoms with Gasteiger partial charge in [-0.25, -0.2) is 9.67 Å². The van der Waals surface area contributed by atoms with Crippen LogP contribution in [-0.2, 0) is 15.6 Å². The van der Waals surface area contributed by atoms with Gasteiger partial charge in [0.15, 0.2) is 19.0 Å². The molecule has 2 heterocycles. The minimum atomic E-state index is -0.664. The highest BCUT2D eigenvalue weighted by atomic mass is 35.5. The van der Waals surface area contributed by atoms with Gasteiger partial charge in [0.2, 0.25) is 5.82 Å². The van der Waals surface area contributed by atoms with E-state index >= 15 is 0 Å². The molecule has 0 radical (unpaired) electrons. The molecule has 0 aliphatic carbocycles. The minimum Gasteiger partial charge on any atom is -0.858 e. The fourth-order valence-electron chi connectivity index (χ4n) is 5.42. The van der Waals surface area contributed by atoms with Crippen molar-refractivity contribution in [1.29, 1.82) is 0 Å². The third-order valence-electron chi connectivity index (χ3n) is 9.25. The Bertz CT molecular complexity index is 2130. The van der Waals surface area contributed by atoms with Crippen LogP contribution in [0, 0.1) is 0 Å². The number of hydrogen-bond acceptors (Lipinski definition) is 5. The minimum absolute atomic E-state index is 0.00256. The second kappa shape index (κ2) is 15.4. The zero-order chi connectivity index (χ0) is 37.1. The summed E-state index contributed by atoms with van der Waals surface area (Å²) < 4.78 is 8.73. The highest BCUT2D eigenvalue weighted by Gasteiger charge is 2.28. The number of hydrogen-bond donors (Lipinski definition) is 2. The molecule has 0 aliphatic heterocycles. The maximum atomic E-state index is 13.7. The summed E-state index contributed by atoms with van der Waals surface area (Å²) in [5.74, 6) is -0.436. The van der Waals surface area contributed by atoms with E-state index in [1.165, 1.54) is 28.3 Å². The van der Waals surface area contributed by atoms with Gasteiger partial charge in [-0.2, -0.15) is 4.57 Å². The molecule has 12 heteroatoms. The van der Waals surface area contributed by atoms with Crippen molar-refractivity contribution in [2.24, 2.45) is 4.99 Å². The number of aromatic amines is 1. The number of carbonyl (C=O) groups is 1. The van der Waals surface area contributed by atoms with Crippen molar-refractivity contribution in [3.63, 3.8) is 0 Å². The average Bonchev–Trinajstić information content (AvgIpc) is 3.41. The van der Waals surface area contributed by atoms with E-state index in [4.69, 9.17) is 39.5 Å². The molecule has 9 nitrogen and oxygen atoms in total. The largest absolute Gasteiger partial charge is 0.858 e. The van der Waals surface area contributed by atoms with Crippen LogP contribution < -0.4 is 25.3 Å². The van der Waals surface area contributed by atoms with Crippen LogP contribution in [0.4, 0.5) is 11.5 Å². The van der Waals surface area contributed by atoms with Gasteiger partial charge in [0.25, 0.3) is 5.91 Å². The predicted octanol–water partition coefficient (Wildman–Crippen LogP) is 8.23. The SMILES string of the molecule is CCC(C)(C)c1ccc(OCC(=O)Nc2cccc(C([O-])=Nc3[nH]n(-c4c(Cl)cc(Cl)cc4Cl)c(=O)c3-[n+]3ccccc3)c2)c(C(C)(C)CC)c1. The zero-order valence-corrected chi connectivity index (χ0v) is 31.6. The fraction of sp³-hybridized carbons (Fsp3) is 0.282. The second-order valence-electron chi connectivity index (χ2n) is 13.5. The quantitative estimate of drug-likeness (QED) is 0.0760. The van der Waals surface area contributed by atoms with Crippen molar-refractivity contribution in [1.82, 2.24) is 9.78 Å². The molecule has 2 N–H and O–H groups in total. The molecule has 51 heavy (non-hydrogen) atoms. The van der Waals surface area contributed by atoms with Gasteiger partial charge in [0.1, 0.15) is 11.4 Å². The number of amides is 1. The molecule has 0 atom stereocenters. The Morgan fingerprint density at radius 2 is 1.59 bits per heavy atom. The van der Waals surface area contributed by atoms with Gasteiger partial charge in [0.05, 0.1) is 10.0 Å². The van der Waals surface area contributed by atoms with Gasteiger partial charge in [0, 0.05) is 28.4 Å². The van der Waals surface area contributed by atoms with Crippen molar-refractivity contribution < 1.29 is 19.2 Å². The van der Waals surface area contributed by atoms with E-state index in [1.807, 2.05) is 6.07 Å². The number of nitrogens with zero attached hydrogens (tertiary/aromatic N) is 3. The van der Waals surface area contributed by atoms with E-state index in [0.717, 1.165) is 23.1 Å². The Labute approximate surface area is 312 Å². The first-order valence-corrected chi connectivity index (χ1v) is 17.7. The zero-order valence-electron chi connectivity index (χ0n) is 29.3. The summed E-state index contributed by atoms with van der Waals surface area (Å²) in [5.41, 5.74) is 2.31. The summed E-state index contributed by atoms with van der Waals surface area (Å²) >= 11 is 19.0. The van der Waals surface area contributed by atoms with E-state index in [1.54, 1.807) is 48.8 Å². The van der Waals surface area contributed by atoms with Crippen LogP contribution in [0.25, 0.3) is 11.4 Å². The average molecular weight is 749 g/mol. The molecular formula is C39H40Cl3N5O4. The van der Waals surface area contributed by atoms with E-state index in [2.05, 4.69) is 69.1 Å². The predicted molar refractivity (Wildman–Crippen MR) is 203 cm³/mol. The lowest BCUT2D eigenvalue weighted by molar-refractivity contribution is -0.595. The molecule has 5 aromatic rings. The third kappa shape index (κ3) is 8.33. The van der Waals surface area contributed by atoms with Crippen LogP contribution in [0.3, 0.4) is 0 Å². The maximum absolute atomic E-state index is 13.7. The molecule has 1 amide bonds. The lowest BCUT2D eigenvalue weighted by Crippen LogP contribution is -2.36. The first-order valence-electron chi connectivity index (χ1n) is 16.6. The molecule has 5 rings (SSSR count). The first-order chi connectivity index (χ1) is 24.1. The summed E-state index contributed by atoms with van der Waals surface area (Å²) in [7, 11) is 0. The van der Waals surface area contributed by atoms with Crippen molar-refractivity contribution in [2.45, 2.75) is 65.2 Å². The normalized spacial score (nSPS) is 12.2. The molecule has 0 fully saturated rings. The summed E-state index contributed by atoms with van der Waals surface area (Å²) in [4.78, 5) is 31.1. The van der Waals surface area contributed by atoms with Crippen molar-refractivity contribution >= 4 is 58.1 Å². The Morgan fingerprint density at radius 3 is 2.24 bits per heavy atom. The Kier molecular flexibility index (Phi) is 11.3. The number of nitrogens with one attached hydrogen (secondary N) is 2. The molecular weight excluding hydrogens is 709 g/mol. The maximum Gasteiger partial charge on any atom is 0.346 e. The number of carbonyl (C=O) groups excluding carboxylic acids is 1. The number of halogens is 3. The van der Waals surface area contributed by atoms with Crippen molar-refractivity contribution in [3.05, 3.63) is 127 Å². The molecule has 2 aromatic heterocycles. The lowest BCUT2D eigenvalue weighted by Gasteiger charge is -2.30. The van der Waals surface area contributed by atoms with E-state index in [0.29, 0.717) is 16.5 Å². The van der Waals surface area contributed by atoms with Crippen LogP contribution >= 0.6 is 34.8 Å². The number of anilines is 1. The van der Waals surface area contributed by atoms with Gasteiger partial charge >= 0.3 is 11.2 Å². The second-order valence-corrected chi connectivity index (χ2v) is 14.7. The first kappa shape index (κ1) is 37.7. The number of H-pyrrole nitrogens is 1. The molecule has 266 valence electrons. The van der Waals surface area contributed by atoms with Gasteiger partial charge in [-0.1, -0.05) is 107 Å². The van der Waals surface area contributed by atoms with Crippen molar-refractivity contribution in [3.8, 4) is 17.1 Å². The monoisotopic (exact) mass is 747 g/mol. The number of aromatic nitrogens is 3. The van der Waals surface area contributed by atoms with Crippen LogP contribution in [0.1, 0.15) is 71.1 Å². The van der Waals surface area contributed by atoms with Gasteiger partial charge < -0.3 is 15.2 Å². The molecule has 0 saturated heterocycles. The highest BCUT2D eigenvalue weighted by Crippen LogP contribution is 2.38.